The number of halogens is 1. The Morgan fingerprint density at radius 2 is 1.56 bits per heavy atom. The molecule has 0 radical (unpaired) electrons. The maximum Gasteiger partial charge on any atom is 0.194 e. The number of benzene rings is 2. The van der Waals surface area contributed by atoms with E-state index in [1.165, 1.54) is 0 Å². The first kappa shape index (κ1) is 10.2. The van der Waals surface area contributed by atoms with Gasteiger partial charge in [-0.25, -0.2) is 4.63 Å². The maximum absolute atomic E-state index is 12.3. The zero-order chi connectivity index (χ0) is 12.3. The molecule has 1 heterocycles. The second-order valence-electron chi connectivity index (χ2n) is 4.17. The highest BCUT2D eigenvalue weighted by Crippen LogP contribution is 2.38. The van der Waals surface area contributed by atoms with Crippen molar-refractivity contribution in [3.63, 3.8) is 0 Å². The minimum absolute atomic E-state index is 0.0448. The number of carbonyl (C=O) groups excluding carboxylic acids is 1. The molecule has 0 fully saturated rings. The Morgan fingerprint density at radius 3 is 2.33 bits per heavy atom. The van der Waals surface area contributed by atoms with E-state index in [1.54, 1.807) is 6.07 Å². The fourth-order valence-electron chi connectivity index (χ4n) is 2.33. The van der Waals surface area contributed by atoms with E-state index in [0.29, 0.717) is 16.6 Å². The molecular weight excluding hydrogens is 343 g/mol. The third kappa shape index (κ3) is 1.22. The number of hydrogen-bond donors (Lipinski definition) is 0. The Labute approximate surface area is 115 Å². The second kappa shape index (κ2) is 3.38. The number of fused-ring (bicyclic) bond motifs is 4. The van der Waals surface area contributed by atoms with E-state index in [0.717, 1.165) is 20.3 Å². The highest BCUT2D eigenvalue weighted by atomic mass is 127. The maximum atomic E-state index is 12.3. The first-order valence-electron chi connectivity index (χ1n) is 5.35. The number of hydrogen-bond acceptors (Lipinski definition) is 4. The third-order valence-electron chi connectivity index (χ3n) is 3.15. The predicted octanol–water partition coefficient (Wildman–Crippen LogP) is 3.04. The molecule has 2 aromatic carbocycles. The fourth-order valence-corrected chi connectivity index (χ4v) is 2.82. The lowest BCUT2D eigenvalue weighted by molar-refractivity contribution is 0.104. The SMILES string of the molecule is O=C1c2cc(I)ccc2-c2cc3nonc3cc21. The summed E-state index contributed by atoms with van der Waals surface area (Å²) in [5.41, 5.74) is 4.59. The highest BCUT2D eigenvalue weighted by molar-refractivity contribution is 14.1. The van der Waals surface area contributed by atoms with Gasteiger partial charge in [-0.3, -0.25) is 4.79 Å². The van der Waals surface area contributed by atoms with Crippen LogP contribution in [0.2, 0.25) is 0 Å². The van der Waals surface area contributed by atoms with Crippen molar-refractivity contribution in [3.05, 3.63) is 45.0 Å². The summed E-state index contributed by atoms with van der Waals surface area (Å²) in [5, 5.41) is 7.58. The summed E-state index contributed by atoms with van der Waals surface area (Å²) >= 11 is 2.21. The van der Waals surface area contributed by atoms with Crippen molar-refractivity contribution in [3.8, 4) is 11.1 Å². The van der Waals surface area contributed by atoms with Gasteiger partial charge < -0.3 is 0 Å². The number of rotatable bonds is 0. The minimum Gasteiger partial charge on any atom is -0.289 e. The van der Waals surface area contributed by atoms with Gasteiger partial charge >= 0.3 is 0 Å². The Morgan fingerprint density at radius 1 is 0.889 bits per heavy atom. The topological polar surface area (TPSA) is 56.0 Å². The summed E-state index contributed by atoms with van der Waals surface area (Å²) in [6.07, 6.45) is 0. The van der Waals surface area contributed by atoms with E-state index in [1.807, 2.05) is 24.3 Å². The van der Waals surface area contributed by atoms with Crippen LogP contribution in [0.5, 0.6) is 0 Å². The Balaban J connectivity index is 2.12. The molecule has 0 saturated heterocycles. The second-order valence-corrected chi connectivity index (χ2v) is 5.42. The summed E-state index contributed by atoms with van der Waals surface area (Å²) in [7, 11) is 0. The van der Waals surface area contributed by atoms with Gasteiger partial charge in [-0.15, -0.1) is 0 Å². The summed E-state index contributed by atoms with van der Waals surface area (Å²) in [4.78, 5) is 12.3. The van der Waals surface area contributed by atoms with Crippen LogP contribution in [0.15, 0.2) is 35.0 Å². The van der Waals surface area contributed by atoms with Gasteiger partial charge in [0.15, 0.2) is 5.78 Å². The van der Waals surface area contributed by atoms with E-state index in [-0.39, 0.29) is 5.78 Å². The van der Waals surface area contributed by atoms with Crippen LogP contribution in [0, 0.1) is 3.57 Å². The average molecular weight is 348 g/mol. The zero-order valence-corrected chi connectivity index (χ0v) is 11.1. The molecule has 0 spiro atoms. The van der Waals surface area contributed by atoms with Gasteiger partial charge in [0.05, 0.1) is 0 Å². The molecule has 0 aliphatic heterocycles. The van der Waals surface area contributed by atoms with E-state index < -0.39 is 0 Å². The number of aromatic nitrogens is 2. The van der Waals surface area contributed by atoms with Crippen molar-refractivity contribution in [1.29, 1.82) is 0 Å². The van der Waals surface area contributed by atoms with E-state index >= 15 is 0 Å². The van der Waals surface area contributed by atoms with E-state index in [9.17, 15) is 4.79 Å². The van der Waals surface area contributed by atoms with Crippen LogP contribution in [-0.4, -0.2) is 16.1 Å². The van der Waals surface area contributed by atoms with Crippen molar-refractivity contribution in [2.45, 2.75) is 0 Å². The Kier molecular flexibility index (Phi) is 1.91. The summed E-state index contributed by atoms with van der Waals surface area (Å²) in [6.45, 7) is 0. The number of carbonyl (C=O) groups is 1. The normalized spacial score (nSPS) is 12.8. The zero-order valence-electron chi connectivity index (χ0n) is 8.98. The lowest BCUT2D eigenvalue weighted by Gasteiger charge is -1.98. The van der Waals surface area contributed by atoms with Crippen LogP contribution >= 0.6 is 22.6 Å². The van der Waals surface area contributed by atoms with Gasteiger partial charge in [0.2, 0.25) is 0 Å². The molecule has 0 atom stereocenters. The van der Waals surface area contributed by atoms with Crippen molar-refractivity contribution >= 4 is 39.4 Å². The third-order valence-corrected chi connectivity index (χ3v) is 3.83. The number of ketones is 1. The largest absolute Gasteiger partial charge is 0.289 e. The molecule has 0 bridgehead atoms. The van der Waals surface area contributed by atoms with Gasteiger partial charge in [0.25, 0.3) is 0 Å². The van der Waals surface area contributed by atoms with Crippen molar-refractivity contribution < 1.29 is 9.42 Å². The molecule has 1 aliphatic rings. The van der Waals surface area contributed by atoms with Crippen molar-refractivity contribution in [1.82, 2.24) is 10.3 Å². The number of nitrogens with zero attached hydrogens (tertiary/aromatic N) is 2. The van der Waals surface area contributed by atoms with Crippen LogP contribution in [0.1, 0.15) is 15.9 Å². The molecule has 1 aromatic heterocycles. The van der Waals surface area contributed by atoms with Gasteiger partial charge in [-0.05, 0) is 68.3 Å². The molecule has 3 aromatic rings. The van der Waals surface area contributed by atoms with Crippen LogP contribution in [0.4, 0.5) is 0 Å². The van der Waals surface area contributed by atoms with Gasteiger partial charge in [0.1, 0.15) is 11.0 Å². The molecule has 0 N–H and O–H groups in total. The molecule has 0 amide bonds. The Bertz CT molecular complexity index is 823. The van der Waals surface area contributed by atoms with E-state index in [4.69, 9.17) is 0 Å². The molecule has 5 heteroatoms. The molecule has 18 heavy (non-hydrogen) atoms. The molecule has 1 aliphatic carbocycles. The first-order valence-corrected chi connectivity index (χ1v) is 6.43. The molecule has 4 nitrogen and oxygen atoms in total. The van der Waals surface area contributed by atoms with Crippen LogP contribution < -0.4 is 0 Å². The lowest BCUT2D eigenvalue weighted by Crippen LogP contribution is -1.95. The fraction of sp³-hybridized carbons (Fsp3) is 0. The van der Waals surface area contributed by atoms with Gasteiger partial charge in [-0.1, -0.05) is 6.07 Å². The predicted molar refractivity (Wildman–Crippen MR) is 73.4 cm³/mol. The summed E-state index contributed by atoms with van der Waals surface area (Å²) in [5.74, 6) is 0.0448. The lowest BCUT2D eigenvalue weighted by atomic mass is 10.1. The Hall–Kier alpha value is -1.76. The molecular formula is C13H5IN2O2. The smallest absolute Gasteiger partial charge is 0.194 e. The van der Waals surface area contributed by atoms with Crippen LogP contribution in [0.25, 0.3) is 22.2 Å². The highest BCUT2D eigenvalue weighted by Gasteiger charge is 2.28. The first-order chi connectivity index (χ1) is 8.74. The van der Waals surface area contributed by atoms with Crippen LogP contribution in [-0.2, 0) is 0 Å². The van der Waals surface area contributed by atoms with Gasteiger partial charge in [0, 0.05) is 14.7 Å². The quantitative estimate of drug-likeness (QED) is 0.459. The van der Waals surface area contributed by atoms with Crippen LogP contribution in [0.3, 0.4) is 0 Å². The molecule has 0 unspecified atom stereocenters. The van der Waals surface area contributed by atoms with Crippen molar-refractivity contribution in [2.24, 2.45) is 0 Å². The molecule has 86 valence electrons. The minimum atomic E-state index is 0.0448. The van der Waals surface area contributed by atoms with Crippen molar-refractivity contribution in [2.75, 3.05) is 0 Å². The molecule has 0 saturated carbocycles. The summed E-state index contributed by atoms with van der Waals surface area (Å²) < 4.78 is 5.73. The monoisotopic (exact) mass is 348 g/mol. The standard InChI is InChI=1S/C13H5IN2O2/c14-6-1-2-7-8-4-11-12(16-18-15-11)5-10(8)13(17)9(7)3-6/h1-5H. The summed E-state index contributed by atoms with van der Waals surface area (Å²) in [6, 6.07) is 9.48. The average Bonchev–Trinajstić information content (AvgIpc) is 2.92. The van der Waals surface area contributed by atoms with E-state index in [2.05, 4.69) is 37.5 Å². The molecule has 4 rings (SSSR count). The van der Waals surface area contributed by atoms with Gasteiger partial charge in [-0.2, -0.15) is 0 Å².